The van der Waals surface area contributed by atoms with Gasteiger partial charge in [0.15, 0.2) is 0 Å². The zero-order valence-corrected chi connectivity index (χ0v) is 17.1. The minimum absolute atomic E-state index is 0.0220. The fourth-order valence-corrected chi connectivity index (χ4v) is 4.20. The summed E-state index contributed by atoms with van der Waals surface area (Å²) in [6.45, 7) is 1.24. The standard InChI is InChI=1S/C21H26N2O4S/c1-26-16-7-8-17(19(13-16)27-2)18-5-4-11-23(18)20(24)6-3-10-22-21(25)15-9-12-28-14-15/h7-9,12-14,18H,3-6,10-11H2,1-2H3,(H,22,25). The molecule has 2 amide bonds. The number of hydrogen-bond acceptors (Lipinski definition) is 5. The Kier molecular flexibility index (Phi) is 6.92. The van der Waals surface area contributed by atoms with E-state index in [4.69, 9.17) is 9.47 Å². The first-order chi connectivity index (χ1) is 13.6. The summed E-state index contributed by atoms with van der Waals surface area (Å²) in [5, 5.41) is 6.56. The van der Waals surface area contributed by atoms with E-state index in [1.165, 1.54) is 11.3 Å². The zero-order valence-electron chi connectivity index (χ0n) is 16.3. The normalized spacial score (nSPS) is 16.1. The Balaban J connectivity index is 1.55. The molecule has 2 aromatic rings. The van der Waals surface area contributed by atoms with Crippen LogP contribution in [0.2, 0.25) is 0 Å². The molecule has 1 saturated heterocycles. The van der Waals surface area contributed by atoms with Crippen LogP contribution < -0.4 is 14.8 Å². The van der Waals surface area contributed by atoms with Gasteiger partial charge in [-0.05, 0) is 42.8 Å². The third-order valence-corrected chi connectivity index (χ3v) is 5.69. The molecular weight excluding hydrogens is 376 g/mol. The molecule has 0 bridgehead atoms. The third-order valence-electron chi connectivity index (χ3n) is 5.01. The van der Waals surface area contributed by atoms with Crippen LogP contribution in [0.15, 0.2) is 35.0 Å². The summed E-state index contributed by atoms with van der Waals surface area (Å²) >= 11 is 1.49. The van der Waals surface area contributed by atoms with Crippen molar-refractivity contribution in [2.24, 2.45) is 0 Å². The van der Waals surface area contributed by atoms with E-state index < -0.39 is 0 Å². The van der Waals surface area contributed by atoms with Crippen LogP contribution in [0.1, 0.15) is 47.6 Å². The van der Waals surface area contributed by atoms with Crippen LogP contribution in [0, 0.1) is 0 Å². The van der Waals surface area contributed by atoms with Gasteiger partial charge in [0.2, 0.25) is 5.91 Å². The number of rotatable bonds is 8. The minimum Gasteiger partial charge on any atom is -0.497 e. The smallest absolute Gasteiger partial charge is 0.252 e. The molecule has 7 heteroatoms. The van der Waals surface area contributed by atoms with Gasteiger partial charge in [-0.3, -0.25) is 9.59 Å². The molecule has 0 spiro atoms. The topological polar surface area (TPSA) is 67.9 Å². The Morgan fingerprint density at radius 3 is 2.82 bits per heavy atom. The molecule has 1 fully saturated rings. The first-order valence-corrected chi connectivity index (χ1v) is 10.4. The molecule has 2 heterocycles. The second-order valence-corrected chi connectivity index (χ2v) is 7.50. The predicted octanol–water partition coefficient (Wildman–Crippen LogP) is 3.64. The van der Waals surface area contributed by atoms with Gasteiger partial charge in [0, 0.05) is 42.1 Å². The fourth-order valence-electron chi connectivity index (χ4n) is 3.56. The van der Waals surface area contributed by atoms with Crippen LogP contribution in [0.5, 0.6) is 11.5 Å². The molecule has 6 nitrogen and oxygen atoms in total. The monoisotopic (exact) mass is 402 g/mol. The Labute approximate surface area is 169 Å². The van der Waals surface area contributed by atoms with Gasteiger partial charge in [0.25, 0.3) is 5.91 Å². The van der Waals surface area contributed by atoms with Gasteiger partial charge in [-0.2, -0.15) is 11.3 Å². The number of carbonyl (C=O) groups is 2. The van der Waals surface area contributed by atoms with E-state index in [9.17, 15) is 9.59 Å². The van der Waals surface area contributed by atoms with Crippen molar-refractivity contribution in [2.45, 2.75) is 31.7 Å². The van der Waals surface area contributed by atoms with Crippen molar-refractivity contribution in [1.29, 1.82) is 0 Å². The quantitative estimate of drug-likeness (QED) is 0.685. The summed E-state index contributed by atoms with van der Waals surface area (Å²) in [5.41, 5.74) is 1.68. The maximum absolute atomic E-state index is 12.8. The lowest BCUT2D eigenvalue weighted by atomic mass is 10.0. The minimum atomic E-state index is -0.0873. The number of methoxy groups -OCH3 is 2. The third kappa shape index (κ3) is 4.65. The van der Waals surface area contributed by atoms with Gasteiger partial charge in [0.1, 0.15) is 11.5 Å². The molecule has 1 atom stereocenters. The predicted molar refractivity (Wildman–Crippen MR) is 109 cm³/mol. The van der Waals surface area contributed by atoms with Gasteiger partial charge in [-0.25, -0.2) is 0 Å². The molecule has 3 rings (SSSR count). The van der Waals surface area contributed by atoms with Crippen LogP contribution in [0.3, 0.4) is 0 Å². The second-order valence-electron chi connectivity index (χ2n) is 6.72. The average molecular weight is 403 g/mol. The molecule has 0 saturated carbocycles. The Morgan fingerprint density at radius 1 is 1.25 bits per heavy atom. The number of nitrogens with one attached hydrogen (secondary N) is 1. The number of amides is 2. The van der Waals surface area contributed by atoms with Crippen LogP contribution in [0.25, 0.3) is 0 Å². The van der Waals surface area contributed by atoms with Crippen LogP contribution >= 0.6 is 11.3 Å². The summed E-state index contributed by atoms with van der Waals surface area (Å²) < 4.78 is 10.8. The molecular formula is C21H26N2O4S. The van der Waals surface area contributed by atoms with E-state index in [-0.39, 0.29) is 17.9 Å². The first kappa shape index (κ1) is 20.2. The maximum Gasteiger partial charge on any atom is 0.252 e. The number of ether oxygens (including phenoxy) is 2. The highest BCUT2D eigenvalue weighted by Crippen LogP contribution is 2.39. The van der Waals surface area contributed by atoms with E-state index in [2.05, 4.69) is 5.32 Å². The van der Waals surface area contributed by atoms with Gasteiger partial charge in [-0.15, -0.1) is 0 Å². The highest BCUT2D eigenvalue weighted by atomic mass is 32.1. The lowest BCUT2D eigenvalue weighted by molar-refractivity contribution is -0.132. The summed E-state index contributed by atoms with van der Waals surface area (Å²) in [7, 11) is 3.26. The van der Waals surface area contributed by atoms with Gasteiger partial charge < -0.3 is 19.7 Å². The number of carbonyl (C=O) groups excluding carboxylic acids is 2. The maximum atomic E-state index is 12.8. The fraction of sp³-hybridized carbons (Fsp3) is 0.429. The first-order valence-electron chi connectivity index (χ1n) is 9.46. The van der Waals surface area contributed by atoms with Crippen molar-refractivity contribution >= 4 is 23.2 Å². The van der Waals surface area contributed by atoms with Crippen LogP contribution in [-0.2, 0) is 4.79 Å². The number of likely N-dealkylation sites (tertiary alicyclic amines) is 1. The summed E-state index contributed by atoms with van der Waals surface area (Å²) in [5.74, 6) is 1.51. The molecule has 1 aromatic carbocycles. The van der Waals surface area contributed by atoms with E-state index in [0.29, 0.717) is 24.9 Å². The van der Waals surface area contributed by atoms with Gasteiger partial charge in [0.05, 0.1) is 20.3 Å². The van der Waals surface area contributed by atoms with Crippen molar-refractivity contribution in [3.63, 3.8) is 0 Å². The van der Waals surface area contributed by atoms with E-state index in [1.54, 1.807) is 20.3 Å². The molecule has 28 heavy (non-hydrogen) atoms. The van der Waals surface area contributed by atoms with Crippen molar-refractivity contribution in [3.05, 3.63) is 46.2 Å². The summed E-state index contributed by atoms with van der Waals surface area (Å²) in [6, 6.07) is 7.56. The zero-order chi connectivity index (χ0) is 19.9. The van der Waals surface area contributed by atoms with Gasteiger partial charge in [-0.1, -0.05) is 0 Å². The Hall–Kier alpha value is -2.54. The largest absolute Gasteiger partial charge is 0.497 e. The summed E-state index contributed by atoms with van der Waals surface area (Å²) in [6.07, 6.45) is 2.93. The molecule has 0 aliphatic carbocycles. The summed E-state index contributed by atoms with van der Waals surface area (Å²) in [4.78, 5) is 26.7. The Morgan fingerprint density at radius 2 is 2.11 bits per heavy atom. The molecule has 150 valence electrons. The average Bonchev–Trinajstić information content (AvgIpc) is 3.42. The van der Waals surface area contributed by atoms with Crippen molar-refractivity contribution < 1.29 is 19.1 Å². The van der Waals surface area contributed by atoms with E-state index in [1.807, 2.05) is 33.9 Å². The van der Waals surface area contributed by atoms with Crippen LogP contribution in [0.4, 0.5) is 0 Å². The SMILES string of the molecule is COc1ccc(C2CCCN2C(=O)CCCNC(=O)c2ccsc2)c(OC)c1. The van der Waals surface area contributed by atoms with Crippen molar-refractivity contribution in [2.75, 3.05) is 27.3 Å². The van der Waals surface area contributed by atoms with Gasteiger partial charge >= 0.3 is 0 Å². The van der Waals surface area contributed by atoms with Crippen molar-refractivity contribution in [1.82, 2.24) is 10.2 Å². The second kappa shape index (κ2) is 9.59. The molecule has 1 aliphatic heterocycles. The molecule has 1 N–H and O–H groups in total. The number of thiophene rings is 1. The molecule has 1 aromatic heterocycles. The highest BCUT2D eigenvalue weighted by molar-refractivity contribution is 7.08. The number of benzene rings is 1. The molecule has 0 radical (unpaired) electrons. The lowest BCUT2D eigenvalue weighted by Crippen LogP contribution is -2.31. The highest BCUT2D eigenvalue weighted by Gasteiger charge is 2.31. The number of hydrogen-bond donors (Lipinski definition) is 1. The lowest BCUT2D eigenvalue weighted by Gasteiger charge is -2.26. The Bertz CT molecular complexity index is 807. The number of nitrogens with zero attached hydrogens (tertiary/aromatic N) is 1. The van der Waals surface area contributed by atoms with Crippen molar-refractivity contribution in [3.8, 4) is 11.5 Å². The van der Waals surface area contributed by atoms with E-state index >= 15 is 0 Å². The molecule has 1 aliphatic rings. The molecule has 1 unspecified atom stereocenters. The van der Waals surface area contributed by atoms with Crippen LogP contribution in [-0.4, -0.2) is 44.0 Å². The van der Waals surface area contributed by atoms with E-state index in [0.717, 1.165) is 36.4 Å².